The molecule has 6 nitrogen and oxygen atoms in total. The summed E-state index contributed by atoms with van der Waals surface area (Å²) in [4.78, 5) is 27.9. The molecule has 0 radical (unpaired) electrons. The fourth-order valence-electron chi connectivity index (χ4n) is 2.48. The minimum absolute atomic E-state index is 0.124. The van der Waals surface area contributed by atoms with Gasteiger partial charge in [0.05, 0.1) is 28.4 Å². The Morgan fingerprint density at radius 3 is 2.70 bits per heavy atom. The molecule has 112 valence electrons. The van der Waals surface area contributed by atoms with E-state index in [9.17, 15) is 4.79 Å². The van der Waals surface area contributed by atoms with Gasteiger partial charge in [-0.2, -0.15) is 0 Å². The number of carbonyl (C=O) groups excluding carboxylic acids is 1. The summed E-state index contributed by atoms with van der Waals surface area (Å²) in [5.74, 6) is -0.124. The Labute approximate surface area is 131 Å². The first-order valence-corrected chi connectivity index (χ1v) is 7.20. The number of aromatic nitrogens is 4. The van der Waals surface area contributed by atoms with Crippen LogP contribution in [0.1, 0.15) is 15.9 Å². The van der Waals surface area contributed by atoms with Gasteiger partial charge in [0.15, 0.2) is 0 Å². The molecule has 0 aliphatic rings. The highest BCUT2D eigenvalue weighted by molar-refractivity contribution is 5.97. The van der Waals surface area contributed by atoms with Gasteiger partial charge in [-0.25, -0.2) is 4.98 Å². The lowest BCUT2D eigenvalue weighted by Crippen LogP contribution is -2.22. The summed E-state index contributed by atoms with van der Waals surface area (Å²) in [6, 6.07) is 11.2. The number of amides is 1. The summed E-state index contributed by atoms with van der Waals surface area (Å²) >= 11 is 0. The lowest BCUT2D eigenvalue weighted by atomic mass is 10.1. The molecule has 0 unspecified atom stereocenters. The Bertz CT molecular complexity index is 1010. The van der Waals surface area contributed by atoms with Gasteiger partial charge >= 0.3 is 0 Å². The van der Waals surface area contributed by atoms with E-state index in [-0.39, 0.29) is 5.91 Å². The fourth-order valence-corrected chi connectivity index (χ4v) is 2.48. The Morgan fingerprint density at radius 2 is 1.78 bits per heavy atom. The van der Waals surface area contributed by atoms with Gasteiger partial charge in [-0.15, -0.1) is 0 Å². The lowest BCUT2D eigenvalue weighted by Gasteiger charge is -2.06. The van der Waals surface area contributed by atoms with Crippen LogP contribution in [0.3, 0.4) is 0 Å². The predicted octanol–water partition coefficient (Wildman–Crippen LogP) is 2.44. The van der Waals surface area contributed by atoms with Gasteiger partial charge in [-0.1, -0.05) is 6.07 Å². The molecular formula is C17H13N5O. The topological polar surface area (TPSA) is 83.6 Å². The third kappa shape index (κ3) is 2.62. The first-order valence-electron chi connectivity index (χ1n) is 7.20. The third-order valence-corrected chi connectivity index (χ3v) is 3.67. The molecule has 0 spiro atoms. The highest BCUT2D eigenvalue weighted by Gasteiger charge is 2.07. The van der Waals surface area contributed by atoms with Crippen LogP contribution >= 0.6 is 0 Å². The maximum absolute atomic E-state index is 12.3. The Morgan fingerprint density at radius 1 is 0.957 bits per heavy atom. The van der Waals surface area contributed by atoms with Crippen molar-refractivity contribution in [1.29, 1.82) is 0 Å². The van der Waals surface area contributed by atoms with E-state index in [0.29, 0.717) is 12.1 Å². The van der Waals surface area contributed by atoms with Gasteiger partial charge in [0.1, 0.15) is 0 Å². The predicted molar refractivity (Wildman–Crippen MR) is 86.8 cm³/mol. The molecule has 0 saturated carbocycles. The lowest BCUT2D eigenvalue weighted by molar-refractivity contribution is 0.0951. The van der Waals surface area contributed by atoms with Crippen LogP contribution in [-0.2, 0) is 6.54 Å². The normalized spacial score (nSPS) is 11.0. The molecule has 2 aromatic carbocycles. The summed E-state index contributed by atoms with van der Waals surface area (Å²) < 4.78 is 0. The van der Waals surface area contributed by atoms with Crippen LogP contribution in [0.15, 0.2) is 55.1 Å². The SMILES string of the molecule is O=C(NCc1ccc2nccnc2c1)c1ccc2nc[nH]c2c1. The Kier molecular flexibility index (Phi) is 3.20. The summed E-state index contributed by atoms with van der Waals surface area (Å²) in [5.41, 5.74) is 4.93. The van der Waals surface area contributed by atoms with Gasteiger partial charge in [-0.05, 0) is 35.9 Å². The molecule has 0 fully saturated rings. The van der Waals surface area contributed by atoms with Gasteiger partial charge in [0.25, 0.3) is 5.91 Å². The highest BCUT2D eigenvalue weighted by Crippen LogP contribution is 2.13. The average Bonchev–Trinajstić information content (AvgIpc) is 3.07. The molecule has 1 amide bonds. The zero-order chi connectivity index (χ0) is 15.6. The minimum atomic E-state index is -0.124. The number of imidazole rings is 1. The number of aromatic amines is 1. The summed E-state index contributed by atoms with van der Waals surface area (Å²) in [7, 11) is 0. The minimum Gasteiger partial charge on any atom is -0.348 e. The van der Waals surface area contributed by atoms with Crippen molar-refractivity contribution in [3.05, 3.63) is 66.2 Å². The second-order valence-corrected chi connectivity index (χ2v) is 5.20. The molecule has 0 bridgehead atoms. The second-order valence-electron chi connectivity index (χ2n) is 5.20. The molecule has 4 aromatic rings. The second kappa shape index (κ2) is 5.49. The quantitative estimate of drug-likeness (QED) is 0.609. The molecule has 0 aliphatic carbocycles. The first-order chi connectivity index (χ1) is 11.3. The molecule has 4 rings (SSSR count). The number of carbonyl (C=O) groups is 1. The van der Waals surface area contributed by atoms with Gasteiger partial charge < -0.3 is 10.3 Å². The molecule has 0 saturated heterocycles. The molecular weight excluding hydrogens is 290 g/mol. The standard InChI is InChI=1S/C17H13N5O/c23-17(12-2-4-14-16(8-12)22-10-21-14)20-9-11-1-3-13-15(7-11)19-6-5-18-13/h1-8,10H,9H2,(H,20,23)(H,21,22). The van der Waals surface area contributed by atoms with Crippen molar-refractivity contribution in [1.82, 2.24) is 25.3 Å². The average molecular weight is 303 g/mol. The van der Waals surface area contributed by atoms with Gasteiger partial charge in [-0.3, -0.25) is 14.8 Å². The van der Waals surface area contributed by atoms with E-state index in [0.717, 1.165) is 27.6 Å². The number of hydrogen-bond donors (Lipinski definition) is 2. The molecule has 6 heteroatoms. The van der Waals surface area contributed by atoms with E-state index in [1.54, 1.807) is 30.9 Å². The van der Waals surface area contributed by atoms with Crippen LogP contribution in [0.4, 0.5) is 0 Å². The van der Waals surface area contributed by atoms with Crippen LogP contribution in [0.25, 0.3) is 22.1 Å². The molecule has 0 aliphatic heterocycles. The van der Waals surface area contributed by atoms with Crippen LogP contribution in [0, 0.1) is 0 Å². The number of nitrogens with one attached hydrogen (secondary N) is 2. The van der Waals surface area contributed by atoms with Gasteiger partial charge in [0.2, 0.25) is 0 Å². The third-order valence-electron chi connectivity index (χ3n) is 3.67. The van der Waals surface area contributed by atoms with Crippen molar-refractivity contribution in [3.8, 4) is 0 Å². The monoisotopic (exact) mass is 303 g/mol. The number of rotatable bonds is 3. The summed E-state index contributed by atoms with van der Waals surface area (Å²) in [5, 5.41) is 2.92. The number of benzene rings is 2. The van der Waals surface area contributed by atoms with E-state index in [1.807, 2.05) is 24.3 Å². The van der Waals surface area contributed by atoms with Crippen molar-refractivity contribution in [2.24, 2.45) is 0 Å². The molecule has 2 N–H and O–H groups in total. The first kappa shape index (κ1) is 13.4. The smallest absolute Gasteiger partial charge is 0.251 e. The number of hydrogen-bond acceptors (Lipinski definition) is 4. The Balaban J connectivity index is 1.51. The fraction of sp³-hybridized carbons (Fsp3) is 0.0588. The summed E-state index contributed by atoms with van der Waals surface area (Å²) in [6.45, 7) is 0.437. The van der Waals surface area contributed by atoms with Crippen molar-refractivity contribution >= 4 is 28.0 Å². The Hall–Kier alpha value is -3.28. The molecule has 2 heterocycles. The van der Waals surface area contributed by atoms with Crippen LogP contribution in [-0.4, -0.2) is 25.8 Å². The van der Waals surface area contributed by atoms with Crippen LogP contribution < -0.4 is 5.32 Å². The van der Waals surface area contributed by atoms with Crippen molar-refractivity contribution < 1.29 is 4.79 Å². The maximum Gasteiger partial charge on any atom is 0.251 e. The van der Waals surface area contributed by atoms with Gasteiger partial charge in [0, 0.05) is 24.5 Å². The highest BCUT2D eigenvalue weighted by atomic mass is 16.1. The van der Waals surface area contributed by atoms with Crippen LogP contribution in [0.5, 0.6) is 0 Å². The molecule has 23 heavy (non-hydrogen) atoms. The molecule has 2 aromatic heterocycles. The number of fused-ring (bicyclic) bond motifs is 2. The van der Waals surface area contributed by atoms with Crippen molar-refractivity contribution in [2.45, 2.75) is 6.54 Å². The van der Waals surface area contributed by atoms with E-state index in [2.05, 4.69) is 25.3 Å². The largest absolute Gasteiger partial charge is 0.348 e. The molecule has 0 atom stereocenters. The number of nitrogens with zero attached hydrogens (tertiary/aromatic N) is 3. The summed E-state index contributed by atoms with van der Waals surface area (Å²) in [6.07, 6.45) is 4.93. The number of H-pyrrole nitrogens is 1. The zero-order valence-corrected chi connectivity index (χ0v) is 12.2. The van der Waals surface area contributed by atoms with E-state index < -0.39 is 0 Å². The van der Waals surface area contributed by atoms with E-state index in [4.69, 9.17) is 0 Å². The van der Waals surface area contributed by atoms with E-state index >= 15 is 0 Å². The maximum atomic E-state index is 12.3. The van der Waals surface area contributed by atoms with Crippen molar-refractivity contribution in [2.75, 3.05) is 0 Å². The van der Waals surface area contributed by atoms with E-state index in [1.165, 1.54) is 0 Å². The van der Waals surface area contributed by atoms with Crippen LogP contribution in [0.2, 0.25) is 0 Å². The zero-order valence-electron chi connectivity index (χ0n) is 12.2. The van der Waals surface area contributed by atoms with Crippen molar-refractivity contribution in [3.63, 3.8) is 0 Å².